The van der Waals surface area contributed by atoms with Crippen molar-refractivity contribution in [3.63, 3.8) is 0 Å². The van der Waals surface area contributed by atoms with Crippen molar-refractivity contribution in [2.45, 2.75) is 51.6 Å². The molecule has 4 nitrogen and oxygen atoms in total. The van der Waals surface area contributed by atoms with Crippen LogP contribution in [0.15, 0.2) is 0 Å². The molecule has 0 spiro atoms. The van der Waals surface area contributed by atoms with Gasteiger partial charge >= 0.3 is 5.97 Å². The minimum Gasteiger partial charge on any atom is -0.539 e. The molecular weight excluding hydrogens is 196 g/mol. The molecule has 15 heavy (non-hydrogen) atoms. The molecule has 1 aliphatic rings. The molecule has 1 saturated carbocycles. The first kappa shape index (κ1) is 12.0. The maximum absolute atomic E-state index is 11.0. The van der Waals surface area contributed by atoms with Crippen LogP contribution < -0.4 is 5.11 Å². The Morgan fingerprint density at radius 3 is 2.60 bits per heavy atom. The normalized spacial score (nSPS) is 30.1. The Kier molecular flexibility index (Phi) is 3.72. The highest BCUT2D eigenvalue weighted by Gasteiger charge is 2.43. The van der Waals surface area contributed by atoms with Gasteiger partial charge in [-0.1, -0.05) is 13.8 Å². The highest BCUT2D eigenvalue weighted by atomic mass is 16.6. The van der Waals surface area contributed by atoms with Gasteiger partial charge in [-0.05, 0) is 38.0 Å². The van der Waals surface area contributed by atoms with E-state index in [2.05, 4.69) is 0 Å². The molecular formula is C11H17O4-. The van der Waals surface area contributed by atoms with Crippen LogP contribution in [0.5, 0.6) is 0 Å². The minimum absolute atomic E-state index is 0.283. The summed E-state index contributed by atoms with van der Waals surface area (Å²) < 4.78 is 5.11. The second kappa shape index (κ2) is 4.64. The lowest BCUT2D eigenvalue weighted by Gasteiger charge is -2.34. The van der Waals surface area contributed by atoms with Crippen molar-refractivity contribution in [2.24, 2.45) is 5.92 Å². The highest BCUT2D eigenvalue weighted by Crippen LogP contribution is 2.43. The zero-order valence-corrected chi connectivity index (χ0v) is 9.25. The van der Waals surface area contributed by atoms with Gasteiger partial charge in [-0.3, -0.25) is 0 Å². The third kappa shape index (κ3) is 2.30. The van der Waals surface area contributed by atoms with Gasteiger partial charge in [0, 0.05) is 0 Å². The second-order valence-electron chi connectivity index (χ2n) is 4.09. The van der Waals surface area contributed by atoms with Gasteiger partial charge in [-0.15, -0.1) is 0 Å². The molecule has 1 rings (SSSR count). The van der Waals surface area contributed by atoms with E-state index in [1.54, 1.807) is 0 Å². The van der Waals surface area contributed by atoms with Gasteiger partial charge in [0.15, 0.2) is 5.97 Å². The van der Waals surface area contributed by atoms with E-state index in [0.717, 1.165) is 25.7 Å². The van der Waals surface area contributed by atoms with Gasteiger partial charge in [0.05, 0.1) is 0 Å². The first-order valence-electron chi connectivity index (χ1n) is 5.50. The molecule has 0 aromatic carbocycles. The van der Waals surface area contributed by atoms with E-state index in [1.807, 2.05) is 13.8 Å². The summed E-state index contributed by atoms with van der Waals surface area (Å²) in [6.45, 7) is 3.96. The third-order valence-electron chi connectivity index (χ3n) is 3.45. The van der Waals surface area contributed by atoms with Gasteiger partial charge in [-0.25, -0.2) is 4.79 Å². The molecule has 1 fully saturated rings. The van der Waals surface area contributed by atoms with Crippen LogP contribution in [0, 0.1) is 5.92 Å². The van der Waals surface area contributed by atoms with Crippen LogP contribution in [0.25, 0.3) is 0 Å². The fourth-order valence-electron chi connectivity index (χ4n) is 2.59. The molecule has 1 aliphatic carbocycles. The Hall–Kier alpha value is -1.06. The quantitative estimate of drug-likeness (QED) is 0.509. The van der Waals surface area contributed by atoms with Crippen LogP contribution in [0.2, 0.25) is 0 Å². The lowest BCUT2D eigenvalue weighted by molar-refractivity contribution is -0.305. The molecule has 0 bridgehead atoms. The van der Waals surface area contributed by atoms with Gasteiger partial charge in [0.1, 0.15) is 5.60 Å². The summed E-state index contributed by atoms with van der Waals surface area (Å²) in [5, 5.41) is 10.4. The summed E-state index contributed by atoms with van der Waals surface area (Å²) in [5.41, 5.74) is -0.564. The fraction of sp³-hybridized carbons (Fsp3) is 0.818. The smallest absolute Gasteiger partial charge is 0.354 e. The molecule has 0 amide bonds. The number of aliphatic carboxylic acids is 1. The topological polar surface area (TPSA) is 66.4 Å². The zero-order chi connectivity index (χ0) is 11.5. The van der Waals surface area contributed by atoms with Crippen LogP contribution >= 0.6 is 0 Å². The average molecular weight is 213 g/mol. The number of carboxylic acid groups (broad SMARTS) is 1. The van der Waals surface area contributed by atoms with E-state index in [4.69, 9.17) is 4.74 Å². The van der Waals surface area contributed by atoms with Crippen LogP contribution in [0.1, 0.15) is 46.0 Å². The first-order valence-corrected chi connectivity index (χ1v) is 5.50. The summed E-state index contributed by atoms with van der Waals surface area (Å²) in [4.78, 5) is 21.4. The Balaban J connectivity index is 2.76. The third-order valence-corrected chi connectivity index (χ3v) is 3.45. The van der Waals surface area contributed by atoms with E-state index in [9.17, 15) is 14.7 Å². The van der Waals surface area contributed by atoms with Crippen LogP contribution in [-0.4, -0.2) is 17.5 Å². The Morgan fingerprint density at radius 2 is 2.13 bits per heavy atom. The number of hydrogen-bond acceptors (Lipinski definition) is 4. The molecule has 0 aromatic rings. The molecule has 0 radical (unpaired) electrons. The van der Waals surface area contributed by atoms with Gasteiger partial charge < -0.3 is 14.6 Å². The number of hydrogen-bond donors (Lipinski definition) is 0. The van der Waals surface area contributed by atoms with Crippen molar-refractivity contribution in [1.29, 1.82) is 0 Å². The molecule has 0 saturated heterocycles. The van der Waals surface area contributed by atoms with Gasteiger partial charge in [-0.2, -0.15) is 0 Å². The number of rotatable bonds is 3. The average Bonchev–Trinajstić information content (AvgIpc) is 2.61. The summed E-state index contributed by atoms with van der Waals surface area (Å²) in [7, 11) is 0. The maximum atomic E-state index is 11.0. The summed E-state index contributed by atoms with van der Waals surface area (Å²) in [6, 6.07) is 0. The van der Waals surface area contributed by atoms with E-state index >= 15 is 0 Å². The number of ether oxygens (including phenoxy) is 1. The molecule has 0 aromatic heterocycles. The maximum Gasteiger partial charge on any atom is 0.354 e. The molecule has 0 aliphatic heterocycles. The number of esters is 1. The van der Waals surface area contributed by atoms with Crippen LogP contribution in [0.3, 0.4) is 0 Å². The van der Waals surface area contributed by atoms with E-state index in [0.29, 0.717) is 6.42 Å². The Labute approximate surface area is 89.6 Å². The molecule has 0 heterocycles. The molecule has 2 atom stereocenters. The standard InChI is InChI=1S/C11H18O4/c1-3-8-6-5-7-11(8,4-2)15-10(14)9(12)13/h8H,3-7H2,1-2H3,(H,12,13)/p-1. The highest BCUT2D eigenvalue weighted by molar-refractivity contribution is 6.27. The minimum atomic E-state index is -1.75. The molecule has 4 heteroatoms. The largest absolute Gasteiger partial charge is 0.539 e. The predicted octanol–water partition coefficient (Wildman–Crippen LogP) is 0.638. The summed E-state index contributed by atoms with van der Waals surface area (Å²) >= 11 is 0. The number of carbonyl (C=O) groups excluding carboxylic acids is 2. The van der Waals surface area contributed by atoms with Gasteiger partial charge in [0.2, 0.25) is 0 Å². The van der Waals surface area contributed by atoms with Crippen molar-refractivity contribution in [3.05, 3.63) is 0 Å². The first-order chi connectivity index (χ1) is 7.05. The predicted molar refractivity (Wildman–Crippen MR) is 51.8 cm³/mol. The lowest BCUT2D eigenvalue weighted by atomic mass is 9.86. The molecule has 0 N–H and O–H groups in total. The van der Waals surface area contributed by atoms with E-state index < -0.39 is 17.5 Å². The van der Waals surface area contributed by atoms with Gasteiger partial charge in [0.25, 0.3) is 0 Å². The van der Waals surface area contributed by atoms with Crippen molar-refractivity contribution < 1.29 is 19.4 Å². The fourth-order valence-corrected chi connectivity index (χ4v) is 2.59. The second-order valence-corrected chi connectivity index (χ2v) is 4.09. The monoisotopic (exact) mass is 213 g/mol. The molecule has 86 valence electrons. The lowest BCUT2D eigenvalue weighted by Crippen LogP contribution is -2.43. The SMILES string of the molecule is CCC1CCCC1(CC)OC(=O)C(=O)[O-]. The Morgan fingerprint density at radius 1 is 1.47 bits per heavy atom. The number of carboxylic acids is 1. The van der Waals surface area contributed by atoms with E-state index in [1.165, 1.54) is 0 Å². The van der Waals surface area contributed by atoms with Crippen LogP contribution in [0.4, 0.5) is 0 Å². The van der Waals surface area contributed by atoms with E-state index in [-0.39, 0.29) is 5.92 Å². The molecule has 2 unspecified atom stereocenters. The van der Waals surface area contributed by atoms with Crippen LogP contribution in [-0.2, 0) is 14.3 Å². The Bertz CT molecular complexity index is 261. The van der Waals surface area contributed by atoms with Crippen molar-refractivity contribution in [3.8, 4) is 0 Å². The summed E-state index contributed by atoms with van der Waals surface area (Å²) in [6.07, 6.45) is 4.34. The van der Waals surface area contributed by atoms with Crippen molar-refractivity contribution in [2.75, 3.05) is 0 Å². The van der Waals surface area contributed by atoms with Crippen molar-refractivity contribution in [1.82, 2.24) is 0 Å². The summed E-state index contributed by atoms with van der Waals surface area (Å²) in [5.74, 6) is -2.69. The number of carbonyl (C=O) groups is 2. The van der Waals surface area contributed by atoms with Crippen molar-refractivity contribution >= 4 is 11.9 Å². The zero-order valence-electron chi connectivity index (χ0n) is 9.25.